The third-order valence-electron chi connectivity index (χ3n) is 6.12. The van der Waals surface area contributed by atoms with E-state index in [9.17, 15) is 19.5 Å². The van der Waals surface area contributed by atoms with Crippen LogP contribution in [0.15, 0.2) is 78.9 Å². The largest absolute Gasteiger partial charge is 0.491 e. The Balaban J connectivity index is 1.76. The van der Waals surface area contributed by atoms with E-state index >= 15 is 0 Å². The number of benzene rings is 3. The summed E-state index contributed by atoms with van der Waals surface area (Å²) in [7, 11) is 0. The number of nitrogens with one attached hydrogen (secondary N) is 2. The number of alkyl carbamates (subject to hydrolysis) is 2. The van der Waals surface area contributed by atoms with Crippen molar-refractivity contribution in [2.75, 3.05) is 13.2 Å². The van der Waals surface area contributed by atoms with Gasteiger partial charge in [0.2, 0.25) is 0 Å². The number of carbonyl (C=O) groups is 3. The number of carboxylic acids is 1. The van der Waals surface area contributed by atoms with E-state index in [1.54, 1.807) is 47.6 Å². The molecule has 3 aromatic carbocycles. The Hall–Kier alpha value is -4.73. The van der Waals surface area contributed by atoms with Gasteiger partial charge in [0.25, 0.3) is 0 Å². The van der Waals surface area contributed by atoms with E-state index in [-0.39, 0.29) is 30.3 Å². The van der Waals surface area contributed by atoms with Gasteiger partial charge < -0.3 is 34.7 Å². The second-order valence-corrected chi connectivity index (χ2v) is 12.7. The summed E-state index contributed by atoms with van der Waals surface area (Å²) >= 11 is 0. The molecule has 0 radical (unpaired) electrons. The van der Waals surface area contributed by atoms with Crippen LogP contribution in [-0.4, -0.2) is 59.8 Å². The Morgan fingerprint density at radius 3 is 1.36 bits per heavy atom. The maximum atomic E-state index is 12.6. The van der Waals surface area contributed by atoms with Crippen molar-refractivity contribution in [2.24, 2.45) is 0 Å². The number of rotatable bonds is 13. The van der Waals surface area contributed by atoms with Gasteiger partial charge in [-0.05, 0) is 77.6 Å². The number of ether oxygens (including phenoxy) is 4. The van der Waals surface area contributed by atoms with Gasteiger partial charge in [-0.15, -0.1) is 0 Å². The lowest BCUT2D eigenvalue weighted by Crippen LogP contribution is -2.43. The van der Waals surface area contributed by atoms with Gasteiger partial charge in [-0.2, -0.15) is 0 Å². The summed E-state index contributed by atoms with van der Waals surface area (Å²) in [4.78, 5) is 37.1. The second-order valence-electron chi connectivity index (χ2n) is 12.7. The van der Waals surface area contributed by atoms with E-state index in [2.05, 4.69) is 10.6 Å². The molecule has 2 atom stereocenters. The normalized spacial score (nSPS) is 12.8. The summed E-state index contributed by atoms with van der Waals surface area (Å²) in [6, 6.07) is 22.6. The molecule has 0 unspecified atom stereocenters. The van der Waals surface area contributed by atoms with Crippen LogP contribution in [0.25, 0.3) is 0 Å². The van der Waals surface area contributed by atoms with Crippen molar-refractivity contribution < 1.29 is 38.4 Å². The Morgan fingerprint density at radius 2 is 1.02 bits per heavy atom. The molecule has 0 aromatic heterocycles. The van der Waals surface area contributed by atoms with Crippen LogP contribution in [-0.2, 0) is 22.3 Å². The third-order valence-corrected chi connectivity index (χ3v) is 6.12. The molecule has 10 heteroatoms. The number of hydrogen-bond donors (Lipinski definition) is 3. The van der Waals surface area contributed by atoms with Crippen LogP contribution in [0.1, 0.15) is 63.0 Å². The van der Waals surface area contributed by atoms with Gasteiger partial charge in [-0.1, -0.05) is 60.7 Å². The van der Waals surface area contributed by atoms with Crippen LogP contribution in [0, 0.1) is 0 Å². The molecule has 45 heavy (non-hydrogen) atoms. The van der Waals surface area contributed by atoms with Crippen molar-refractivity contribution in [3.05, 3.63) is 95.6 Å². The Labute approximate surface area is 265 Å². The van der Waals surface area contributed by atoms with Gasteiger partial charge >= 0.3 is 18.2 Å². The van der Waals surface area contributed by atoms with Crippen LogP contribution in [0.3, 0.4) is 0 Å². The number of carboxylic acid groups (broad SMARTS) is 1. The smallest absolute Gasteiger partial charge is 0.408 e. The maximum absolute atomic E-state index is 12.6. The van der Waals surface area contributed by atoms with Crippen LogP contribution in [0.4, 0.5) is 9.59 Å². The molecule has 0 fully saturated rings. The quantitative estimate of drug-likeness (QED) is 0.200. The first-order valence-electron chi connectivity index (χ1n) is 14.9. The van der Waals surface area contributed by atoms with Gasteiger partial charge in [-0.25, -0.2) is 14.4 Å². The molecule has 242 valence electrons. The zero-order chi connectivity index (χ0) is 33.0. The minimum atomic E-state index is -1.16. The molecule has 3 aromatic rings. The minimum Gasteiger partial charge on any atom is -0.491 e. The van der Waals surface area contributed by atoms with E-state index in [0.29, 0.717) is 12.8 Å². The fourth-order valence-electron chi connectivity index (χ4n) is 4.30. The van der Waals surface area contributed by atoms with Crippen LogP contribution in [0.5, 0.6) is 11.5 Å². The number of amides is 2. The number of aromatic carboxylic acids is 1. The fraction of sp³-hybridized carbons (Fsp3) is 0.400. The standard InChI is InChI=1S/C35H44N2O8/c1-34(2,3)44-32(40)36-27(17-24-13-9-7-10-14-24)22-42-29-19-26(31(38)39)20-30(21-29)43-23-28(18-25-15-11-8-12-16-25)37-33(41)45-35(4,5)6/h7-16,19-21,27-28H,17-18,22-23H2,1-6H3,(H,36,40)(H,37,41)(H,38,39)/t27-,28-/m0/s1. The van der Waals surface area contributed by atoms with Crippen molar-refractivity contribution in [3.8, 4) is 11.5 Å². The average molecular weight is 621 g/mol. The predicted octanol–water partition coefficient (Wildman–Crippen LogP) is 6.41. The Morgan fingerprint density at radius 1 is 0.644 bits per heavy atom. The number of carbonyl (C=O) groups excluding carboxylic acids is 2. The topological polar surface area (TPSA) is 132 Å². The molecular weight excluding hydrogens is 576 g/mol. The first-order chi connectivity index (χ1) is 21.1. The molecule has 10 nitrogen and oxygen atoms in total. The molecule has 2 amide bonds. The van der Waals surface area contributed by atoms with E-state index in [1.807, 2.05) is 60.7 Å². The highest BCUT2D eigenvalue weighted by Crippen LogP contribution is 2.24. The molecule has 0 heterocycles. The predicted molar refractivity (Wildman–Crippen MR) is 171 cm³/mol. The van der Waals surface area contributed by atoms with Crippen LogP contribution < -0.4 is 20.1 Å². The lowest BCUT2D eigenvalue weighted by molar-refractivity contribution is 0.0477. The van der Waals surface area contributed by atoms with Gasteiger partial charge in [-0.3, -0.25) is 0 Å². The zero-order valence-corrected chi connectivity index (χ0v) is 26.8. The first-order valence-corrected chi connectivity index (χ1v) is 14.9. The van der Waals surface area contributed by atoms with Crippen LogP contribution in [0.2, 0.25) is 0 Å². The van der Waals surface area contributed by atoms with E-state index in [1.165, 1.54) is 12.1 Å². The molecule has 0 saturated heterocycles. The molecule has 0 spiro atoms. The van der Waals surface area contributed by atoms with Crippen molar-refractivity contribution >= 4 is 18.2 Å². The van der Waals surface area contributed by atoms with Gasteiger partial charge in [0.1, 0.15) is 35.9 Å². The highest BCUT2D eigenvalue weighted by Gasteiger charge is 2.23. The molecule has 3 rings (SSSR count). The zero-order valence-electron chi connectivity index (χ0n) is 26.8. The van der Waals surface area contributed by atoms with Crippen molar-refractivity contribution in [2.45, 2.75) is 77.7 Å². The molecular formula is C35H44N2O8. The SMILES string of the molecule is CC(C)(C)OC(=O)N[C@H](COc1cc(OC[C@H](Cc2ccccc2)NC(=O)OC(C)(C)C)cc(C(=O)O)c1)Cc1ccccc1. The summed E-state index contributed by atoms with van der Waals surface area (Å²) < 4.78 is 22.9. The van der Waals surface area contributed by atoms with Crippen LogP contribution >= 0.6 is 0 Å². The second kappa shape index (κ2) is 15.8. The van der Waals surface area contributed by atoms with Crippen molar-refractivity contribution in [1.29, 1.82) is 0 Å². The summed E-state index contributed by atoms with van der Waals surface area (Å²) in [6.45, 7) is 10.7. The molecule has 0 aliphatic rings. The maximum Gasteiger partial charge on any atom is 0.408 e. The van der Waals surface area contributed by atoms with Gasteiger partial charge in [0, 0.05) is 6.07 Å². The van der Waals surface area contributed by atoms with E-state index in [0.717, 1.165) is 11.1 Å². The summed E-state index contributed by atoms with van der Waals surface area (Å²) in [5.74, 6) is -0.673. The Bertz CT molecular complexity index is 1300. The summed E-state index contributed by atoms with van der Waals surface area (Å²) in [6.07, 6.45) is -0.256. The molecule has 0 aliphatic carbocycles. The summed E-state index contributed by atoms with van der Waals surface area (Å²) in [5, 5.41) is 15.5. The lowest BCUT2D eigenvalue weighted by atomic mass is 10.1. The minimum absolute atomic E-state index is 0.0352. The Kier molecular flexibility index (Phi) is 12.2. The summed E-state index contributed by atoms with van der Waals surface area (Å²) in [5.41, 5.74) is 0.559. The van der Waals surface area contributed by atoms with E-state index in [4.69, 9.17) is 18.9 Å². The fourth-order valence-corrected chi connectivity index (χ4v) is 4.30. The molecule has 0 bridgehead atoms. The monoisotopic (exact) mass is 620 g/mol. The van der Waals surface area contributed by atoms with Crippen molar-refractivity contribution in [1.82, 2.24) is 10.6 Å². The third kappa shape index (κ3) is 13.6. The highest BCUT2D eigenvalue weighted by atomic mass is 16.6. The molecule has 3 N–H and O–H groups in total. The number of hydrogen-bond acceptors (Lipinski definition) is 7. The van der Waals surface area contributed by atoms with Gasteiger partial charge in [0.05, 0.1) is 17.6 Å². The first kappa shape index (κ1) is 34.8. The average Bonchev–Trinajstić information content (AvgIpc) is 2.93. The van der Waals surface area contributed by atoms with E-state index < -0.39 is 41.4 Å². The molecule has 0 saturated carbocycles. The molecule has 0 aliphatic heterocycles. The van der Waals surface area contributed by atoms with Crippen molar-refractivity contribution in [3.63, 3.8) is 0 Å². The highest BCUT2D eigenvalue weighted by molar-refractivity contribution is 5.88. The lowest BCUT2D eigenvalue weighted by Gasteiger charge is -2.24. The van der Waals surface area contributed by atoms with Gasteiger partial charge in [0.15, 0.2) is 0 Å².